The number of nitrogens with two attached hydrogens (primary N) is 1. The minimum Gasteiger partial charge on any atom is -0.378 e. The summed E-state index contributed by atoms with van der Waals surface area (Å²) in [4.78, 5) is 19.2. The Balaban J connectivity index is 0.000000948. The fraction of sp³-hybridized carbons (Fsp3) is 0.579. The van der Waals surface area contributed by atoms with Crippen LogP contribution in [0.1, 0.15) is 61.9 Å². The molecule has 2 N–H and O–H groups in total. The van der Waals surface area contributed by atoms with Crippen LogP contribution in [0.15, 0.2) is 12.1 Å². The lowest BCUT2D eigenvalue weighted by molar-refractivity contribution is 0.0301. The van der Waals surface area contributed by atoms with Crippen LogP contribution in [-0.2, 0) is 4.74 Å². The zero-order valence-electron chi connectivity index (χ0n) is 15.7. The second-order valence-electron chi connectivity index (χ2n) is 6.55. The molecule has 1 amide bonds. The van der Waals surface area contributed by atoms with E-state index in [2.05, 4.69) is 4.98 Å². The van der Waals surface area contributed by atoms with Crippen molar-refractivity contribution in [1.29, 1.82) is 0 Å². The number of carbonyl (C=O) groups excluding carboxylic acids is 1. The monoisotopic (exact) mass is 362 g/mol. The van der Waals surface area contributed by atoms with Gasteiger partial charge in [-0.25, -0.2) is 9.37 Å². The summed E-state index contributed by atoms with van der Waals surface area (Å²) in [5.41, 5.74) is 7.39. The van der Waals surface area contributed by atoms with E-state index in [1.54, 1.807) is 11.0 Å². The molecule has 1 aliphatic heterocycles. The third kappa shape index (κ3) is 3.33. The summed E-state index contributed by atoms with van der Waals surface area (Å²) in [6.45, 7) is 7.78. The van der Waals surface area contributed by atoms with E-state index in [4.69, 9.17) is 10.5 Å². The fourth-order valence-corrected chi connectivity index (χ4v) is 3.33. The van der Waals surface area contributed by atoms with Gasteiger partial charge in [-0.15, -0.1) is 0 Å². The minimum atomic E-state index is -0.503. The van der Waals surface area contributed by atoms with E-state index < -0.39 is 5.82 Å². The SMILES string of the molecule is CC.CC(N)c1nc2ccc(F)c(C(=O)N3CCOCC3)c2n1C1CC1. The van der Waals surface area contributed by atoms with Crippen molar-refractivity contribution in [3.05, 3.63) is 29.3 Å². The molecule has 2 aliphatic rings. The molecule has 4 rings (SSSR count). The zero-order chi connectivity index (χ0) is 18.8. The Labute approximate surface area is 153 Å². The molecule has 6 nitrogen and oxygen atoms in total. The maximum absolute atomic E-state index is 14.6. The highest BCUT2D eigenvalue weighted by Gasteiger charge is 2.33. The van der Waals surface area contributed by atoms with E-state index in [9.17, 15) is 9.18 Å². The maximum atomic E-state index is 14.6. The largest absolute Gasteiger partial charge is 0.378 e. The average molecular weight is 362 g/mol. The Morgan fingerprint density at radius 3 is 2.54 bits per heavy atom. The summed E-state index contributed by atoms with van der Waals surface area (Å²) in [5.74, 6) is -0.0782. The number of halogens is 1. The molecule has 26 heavy (non-hydrogen) atoms. The molecule has 0 bridgehead atoms. The van der Waals surface area contributed by atoms with Crippen molar-refractivity contribution >= 4 is 16.9 Å². The summed E-state index contributed by atoms with van der Waals surface area (Å²) >= 11 is 0. The summed E-state index contributed by atoms with van der Waals surface area (Å²) < 4.78 is 21.9. The molecule has 1 aromatic carbocycles. The molecular formula is C19H27FN4O2. The molecule has 1 saturated heterocycles. The average Bonchev–Trinajstić information content (AvgIpc) is 3.43. The van der Waals surface area contributed by atoms with E-state index in [-0.39, 0.29) is 23.6 Å². The molecule has 2 heterocycles. The van der Waals surface area contributed by atoms with Crippen molar-refractivity contribution in [3.63, 3.8) is 0 Å². The zero-order valence-corrected chi connectivity index (χ0v) is 15.7. The Kier molecular flexibility index (Phi) is 5.58. The first-order valence-corrected chi connectivity index (χ1v) is 9.41. The van der Waals surface area contributed by atoms with Crippen LogP contribution in [-0.4, -0.2) is 46.7 Å². The minimum absolute atomic E-state index is 0.112. The molecule has 1 unspecified atom stereocenters. The first-order chi connectivity index (χ1) is 12.6. The van der Waals surface area contributed by atoms with Crippen LogP contribution in [0.25, 0.3) is 11.0 Å². The van der Waals surface area contributed by atoms with Gasteiger partial charge in [-0.3, -0.25) is 4.79 Å². The number of ether oxygens (including phenoxy) is 1. The molecule has 2 fully saturated rings. The van der Waals surface area contributed by atoms with Gasteiger partial charge in [0.2, 0.25) is 0 Å². The van der Waals surface area contributed by atoms with Crippen LogP contribution in [0.3, 0.4) is 0 Å². The second-order valence-corrected chi connectivity index (χ2v) is 6.55. The molecule has 142 valence electrons. The molecule has 1 aromatic heterocycles. The summed E-state index contributed by atoms with van der Waals surface area (Å²) in [6.07, 6.45) is 2.01. The van der Waals surface area contributed by atoms with Gasteiger partial charge in [0.05, 0.1) is 30.3 Å². The lowest BCUT2D eigenvalue weighted by Crippen LogP contribution is -2.41. The van der Waals surface area contributed by atoms with Crippen molar-refractivity contribution in [1.82, 2.24) is 14.5 Å². The van der Waals surface area contributed by atoms with Crippen molar-refractivity contribution in [2.24, 2.45) is 5.73 Å². The molecule has 1 atom stereocenters. The van der Waals surface area contributed by atoms with Crippen molar-refractivity contribution in [2.45, 2.75) is 45.7 Å². The van der Waals surface area contributed by atoms with E-state index in [1.165, 1.54) is 6.07 Å². The molecule has 0 spiro atoms. The van der Waals surface area contributed by atoms with Crippen LogP contribution in [0.5, 0.6) is 0 Å². The van der Waals surface area contributed by atoms with Crippen molar-refractivity contribution in [2.75, 3.05) is 26.3 Å². The maximum Gasteiger partial charge on any atom is 0.259 e. The van der Waals surface area contributed by atoms with Gasteiger partial charge >= 0.3 is 0 Å². The second kappa shape index (κ2) is 7.72. The predicted octanol–water partition coefficient (Wildman–Crippen LogP) is 3.03. The topological polar surface area (TPSA) is 73.4 Å². The fourth-order valence-electron chi connectivity index (χ4n) is 3.33. The summed E-state index contributed by atoms with van der Waals surface area (Å²) in [7, 11) is 0. The number of benzene rings is 1. The van der Waals surface area contributed by atoms with Crippen LogP contribution in [0.4, 0.5) is 4.39 Å². The Morgan fingerprint density at radius 2 is 1.96 bits per heavy atom. The highest BCUT2D eigenvalue weighted by Crippen LogP contribution is 2.41. The number of aromatic nitrogens is 2. The number of nitrogens with zero attached hydrogens (tertiary/aromatic N) is 3. The van der Waals surface area contributed by atoms with E-state index in [0.29, 0.717) is 43.2 Å². The van der Waals surface area contributed by atoms with Gasteiger partial charge in [-0.05, 0) is 31.9 Å². The van der Waals surface area contributed by atoms with Gasteiger partial charge in [0, 0.05) is 19.1 Å². The number of rotatable bonds is 3. The Morgan fingerprint density at radius 1 is 1.31 bits per heavy atom. The summed E-state index contributed by atoms with van der Waals surface area (Å²) in [6, 6.07) is 2.94. The molecule has 1 aliphatic carbocycles. The van der Waals surface area contributed by atoms with Crippen molar-refractivity contribution in [3.8, 4) is 0 Å². The van der Waals surface area contributed by atoms with Gasteiger partial charge < -0.3 is 19.9 Å². The molecular weight excluding hydrogens is 335 g/mol. The highest BCUT2D eigenvalue weighted by molar-refractivity contribution is 6.05. The van der Waals surface area contributed by atoms with Gasteiger partial charge in [0.15, 0.2) is 0 Å². The summed E-state index contributed by atoms with van der Waals surface area (Å²) in [5, 5.41) is 0. The number of imidazole rings is 1. The van der Waals surface area contributed by atoms with Gasteiger partial charge in [0.25, 0.3) is 5.91 Å². The first kappa shape index (κ1) is 18.8. The molecule has 2 aromatic rings. The number of carbonyl (C=O) groups is 1. The van der Waals surface area contributed by atoms with Gasteiger partial charge in [-0.2, -0.15) is 0 Å². The number of fused-ring (bicyclic) bond motifs is 1. The number of amides is 1. The molecule has 0 radical (unpaired) electrons. The van der Waals surface area contributed by atoms with Crippen LogP contribution < -0.4 is 5.73 Å². The van der Waals surface area contributed by atoms with Crippen LogP contribution in [0, 0.1) is 5.82 Å². The van der Waals surface area contributed by atoms with E-state index in [0.717, 1.165) is 12.8 Å². The molecule has 7 heteroatoms. The number of hydrogen-bond acceptors (Lipinski definition) is 4. The van der Waals surface area contributed by atoms with Crippen molar-refractivity contribution < 1.29 is 13.9 Å². The molecule has 1 saturated carbocycles. The Bertz CT molecular complexity index is 792. The van der Waals surface area contributed by atoms with Gasteiger partial charge in [0.1, 0.15) is 17.2 Å². The lowest BCUT2D eigenvalue weighted by Gasteiger charge is -2.27. The third-order valence-corrected chi connectivity index (χ3v) is 4.66. The predicted molar refractivity (Wildman–Crippen MR) is 98.6 cm³/mol. The Hall–Kier alpha value is -1.99. The quantitative estimate of drug-likeness (QED) is 0.911. The first-order valence-electron chi connectivity index (χ1n) is 9.41. The third-order valence-electron chi connectivity index (χ3n) is 4.66. The van der Waals surface area contributed by atoms with E-state index >= 15 is 0 Å². The van der Waals surface area contributed by atoms with Crippen LogP contribution in [0.2, 0.25) is 0 Å². The smallest absolute Gasteiger partial charge is 0.259 e. The highest BCUT2D eigenvalue weighted by atomic mass is 19.1. The van der Waals surface area contributed by atoms with E-state index in [1.807, 2.05) is 25.3 Å². The van der Waals surface area contributed by atoms with Crippen LogP contribution >= 0.6 is 0 Å². The standard InChI is InChI=1S/C17H21FN4O2.C2H6/c1-10(19)16-20-13-5-4-12(18)14(15(13)22(16)11-2-3-11)17(23)21-6-8-24-9-7-21;1-2/h4-5,10-11H,2-3,6-9,19H2,1H3;1-2H3. The van der Waals surface area contributed by atoms with Gasteiger partial charge in [-0.1, -0.05) is 13.8 Å². The number of hydrogen-bond donors (Lipinski definition) is 1. The lowest BCUT2D eigenvalue weighted by atomic mass is 10.1. The number of morpholine rings is 1. The normalized spacial score (nSPS) is 18.4.